The topological polar surface area (TPSA) is 84.0 Å². The van der Waals surface area contributed by atoms with Gasteiger partial charge in [0.2, 0.25) is 0 Å². The Labute approximate surface area is 138 Å². The first-order valence-electron chi connectivity index (χ1n) is 6.72. The molecular weight excluding hydrogens is 336 g/mol. The van der Waals surface area contributed by atoms with Crippen LogP contribution in [0, 0.1) is 6.92 Å². The zero-order valence-electron chi connectivity index (χ0n) is 12.1. The Hall–Kier alpha value is -2.22. The molecule has 0 fully saturated rings. The molecule has 1 aromatic heterocycles. The third-order valence-electron chi connectivity index (χ3n) is 3.16. The summed E-state index contributed by atoms with van der Waals surface area (Å²) in [5.74, 6) is 0.140. The molecule has 6 nitrogen and oxygen atoms in total. The lowest BCUT2D eigenvalue weighted by atomic mass is 10.2. The van der Waals surface area contributed by atoms with Crippen molar-refractivity contribution in [2.24, 2.45) is 0 Å². The van der Waals surface area contributed by atoms with Crippen molar-refractivity contribution in [1.82, 2.24) is 14.8 Å². The number of halogens is 1. The van der Waals surface area contributed by atoms with Crippen LogP contribution in [0.25, 0.3) is 11.0 Å². The van der Waals surface area contributed by atoms with Gasteiger partial charge in [-0.25, -0.2) is 18.4 Å². The first-order valence-corrected chi connectivity index (χ1v) is 8.58. The molecule has 2 N–H and O–H groups in total. The number of sulfonamides is 1. The maximum Gasteiger partial charge on any atom is 0.257 e. The van der Waals surface area contributed by atoms with Gasteiger partial charge in [0.15, 0.2) is 11.0 Å². The summed E-state index contributed by atoms with van der Waals surface area (Å²) in [6.45, 7) is 1.88. The molecule has 0 aliphatic heterocycles. The fourth-order valence-electron chi connectivity index (χ4n) is 1.95. The molecule has 1 heterocycles. The van der Waals surface area contributed by atoms with E-state index in [0.717, 1.165) is 5.56 Å². The van der Waals surface area contributed by atoms with E-state index in [9.17, 15) is 8.42 Å². The summed E-state index contributed by atoms with van der Waals surface area (Å²) in [6.07, 6.45) is 0. The maximum atomic E-state index is 12.2. The predicted octanol–water partition coefficient (Wildman–Crippen LogP) is 2.90. The van der Waals surface area contributed by atoms with Gasteiger partial charge in [0.25, 0.3) is 10.0 Å². The SMILES string of the molecule is Cc1ccc(S(=O)(=O)NNc2nc3ccccc3nc2Cl)cc1. The Bertz CT molecular complexity index is 959. The average Bonchev–Trinajstić information content (AvgIpc) is 2.53. The Morgan fingerprint density at radius 2 is 1.57 bits per heavy atom. The van der Waals surface area contributed by atoms with Crippen LogP contribution in [0.5, 0.6) is 0 Å². The van der Waals surface area contributed by atoms with Gasteiger partial charge in [-0.05, 0) is 31.2 Å². The van der Waals surface area contributed by atoms with Gasteiger partial charge in [-0.2, -0.15) is 0 Å². The minimum absolute atomic E-state index is 0.0790. The highest BCUT2D eigenvalue weighted by Gasteiger charge is 2.15. The number of hydrogen-bond donors (Lipinski definition) is 2. The molecule has 0 radical (unpaired) electrons. The van der Waals surface area contributed by atoms with Gasteiger partial charge in [-0.15, -0.1) is 4.83 Å². The quantitative estimate of drug-likeness (QED) is 0.708. The van der Waals surface area contributed by atoms with Crippen molar-refractivity contribution in [2.75, 3.05) is 5.43 Å². The monoisotopic (exact) mass is 348 g/mol. The van der Waals surface area contributed by atoms with E-state index >= 15 is 0 Å². The van der Waals surface area contributed by atoms with Gasteiger partial charge in [0, 0.05) is 0 Å². The fraction of sp³-hybridized carbons (Fsp3) is 0.0667. The highest BCUT2D eigenvalue weighted by atomic mass is 35.5. The van der Waals surface area contributed by atoms with Gasteiger partial charge in [-0.3, -0.25) is 5.43 Å². The highest BCUT2D eigenvalue weighted by molar-refractivity contribution is 7.89. The fourth-order valence-corrected chi connectivity index (χ4v) is 2.97. The summed E-state index contributed by atoms with van der Waals surface area (Å²) in [5, 5.41) is 0.0790. The van der Waals surface area contributed by atoms with Gasteiger partial charge >= 0.3 is 0 Å². The summed E-state index contributed by atoms with van der Waals surface area (Å²) in [4.78, 5) is 10.8. The zero-order chi connectivity index (χ0) is 16.4. The van der Waals surface area contributed by atoms with Crippen molar-refractivity contribution >= 4 is 38.5 Å². The Morgan fingerprint density at radius 3 is 2.22 bits per heavy atom. The molecule has 0 amide bonds. The highest BCUT2D eigenvalue weighted by Crippen LogP contribution is 2.20. The van der Waals surface area contributed by atoms with Crippen LogP contribution in [0.4, 0.5) is 5.82 Å². The maximum absolute atomic E-state index is 12.2. The van der Waals surface area contributed by atoms with Crippen LogP contribution >= 0.6 is 11.6 Å². The van der Waals surface area contributed by atoms with Crippen LogP contribution in [0.2, 0.25) is 5.15 Å². The average molecular weight is 349 g/mol. The molecule has 0 aliphatic rings. The van der Waals surface area contributed by atoms with Crippen molar-refractivity contribution in [1.29, 1.82) is 0 Å². The summed E-state index contributed by atoms with van der Waals surface area (Å²) in [6, 6.07) is 13.6. The van der Waals surface area contributed by atoms with Crippen LogP contribution in [0.3, 0.4) is 0 Å². The Morgan fingerprint density at radius 1 is 0.957 bits per heavy atom. The molecular formula is C15H13ClN4O2S. The van der Waals surface area contributed by atoms with Crippen molar-refractivity contribution < 1.29 is 8.42 Å². The van der Waals surface area contributed by atoms with Gasteiger partial charge in [-0.1, -0.05) is 41.4 Å². The van der Waals surface area contributed by atoms with E-state index in [1.54, 1.807) is 24.3 Å². The number of nitrogens with zero attached hydrogens (tertiary/aromatic N) is 2. The molecule has 0 saturated heterocycles. The molecule has 0 atom stereocenters. The lowest BCUT2D eigenvalue weighted by Gasteiger charge is -2.10. The summed E-state index contributed by atoms with van der Waals surface area (Å²) < 4.78 is 24.5. The van der Waals surface area contributed by atoms with Gasteiger partial charge in [0.1, 0.15) is 0 Å². The van der Waals surface area contributed by atoms with Gasteiger partial charge < -0.3 is 0 Å². The normalized spacial score (nSPS) is 11.6. The van der Waals surface area contributed by atoms with Crippen LogP contribution in [-0.4, -0.2) is 18.4 Å². The van der Waals surface area contributed by atoms with Crippen molar-refractivity contribution in [2.45, 2.75) is 11.8 Å². The number of para-hydroxylation sites is 2. The Kier molecular flexibility index (Phi) is 4.16. The summed E-state index contributed by atoms with van der Waals surface area (Å²) >= 11 is 6.03. The number of hydrogen-bond acceptors (Lipinski definition) is 5. The number of hydrazine groups is 1. The number of aromatic nitrogens is 2. The number of nitrogens with one attached hydrogen (secondary N) is 2. The largest absolute Gasteiger partial charge is 0.289 e. The molecule has 0 aliphatic carbocycles. The second kappa shape index (κ2) is 6.11. The number of anilines is 1. The van der Waals surface area contributed by atoms with Crippen LogP contribution in [-0.2, 0) is 10.0 Å². The first kappa shape index (κ1) is 15.7. The predicted molar refractivity (Wildman–Crippen MR) is 89.7 cm³/mol. The van der Waals surface area contributed by atoms with E-state index in [1.807, 2.05) is 19.1 Å². The zero-order valence-corrected chi connectivity index (χ0v) is 13.7. The van der Waals surface area contributed by atoms with E-state index < -0.39 is 10.0 Å². The first-order chi connectivity index (χ1) is 11.0. The van der Waals surface area contributed by atoms with Gasteiger partial charge in [0.05, 0.1) is 15.9 Å². The lowest BCUT2D eigenvalue weighted by molar-refractivity contribution is 0.587. The van der Waals surface area contributed by atoms with Crippen LogP contribution in [0.15, 0.2) is 53.4 Å². The van der Waals surface area contributed by atoms with E-state index in [1.165, 1.54) is 12.1 Å². The Balaban J connectivity index is 1.85. The molecule has 118 valence electrons. The summed E-state index contributed by atoms with van der Waals surface area (Å²) in [5.41, 5.74) is 4.72. The third kappa shape index (κ3) is 3.42. The minimum Gasteiger partial charge on any atom is -0.289 e. The summed E-state index contributed by atoms with van der Waals surface area (Å²) in [7, 11) is -3.73. The van der Waals surface area contributed by atoms with E-state index in [2.05, 4.69) is 20.2 Å². The molecule has 0 spiro atoms. The van der Waals surface area contributed by atoms with E-state index in [-0.39, 0.29) is 15.9 Å². The molecule has 8 heteroatoms. The number of rotatable bonds is 4. The molecule has 3 aromatic rings. The second-order valence-electron chi connectivity index (χ2n) is 4.90. The third-order valence-corrected chi connectivity index (χ3v) is 4.69. The molecule has 0 bridgehead atoms. The number of fused-ring (bicyclic) bond motifs is 1. The van der Waals surface area contributed by atoms with Crippen LogP contribution < -0.4 is 10.3 Å². The van der Waals surface area contributed by atoms with Crippen molar-refractivity contribution in [3.8, 4) is 0 Å². The van der Waals surface area contributed by atoms with E-state index in [0.29, 0.717) is 11.0 Å². The molecule has 23 heavy (non-hydrogen) atoms. The molecule has 3 rings (SSSR count). The molecule has 0 saturated carbocycles. The van der Waals surface area contributed by atoms with E-state index in [4.69, 9.17) is 11.6 Å². The number of aryl methyl sites for hydroxylation is 1. The minimum atomic E-state index is -3.73. The smallest absolute Gasteiger partial charge is 0.257 e. The number of benzene rings is 2. The molecule has 0 unspecified atom stereocenters. The lowest BCUT2D eigenvalue weighted by Crippen LogP contribution is -2.30. The standard InChI is InChI=1S/C15H13ClN4O2S/c1-10-6-8-11(9-7-10)23(21,22)20-19-15-14(16)17-12-4-2-3-5-13(12)18-15/h2-9,20H,1H3,(H,18,19). The molecule has 2 aromatic carbocycles. The van der Waals surface area contributed by atoms with Crippen molar-refractivity contribution in [3.05, 3.63) is 59.2 Å². The van der Waals surface area contributed by atoms with Crippen LogP contribution in [0.1, 0.15) is 5.56 Å². The van der Waals surface area contributed by atoms with Crippen molar-refractivity contribution in [3.63, 3.8) is 0 Å². The second-order valence-corrected chi connectivity index (χ2v) is 6.94.